The summed E-state index contributed by atoms with van der Waals surface area (Å²) < 4.78 is 6.93. The second kappa shape index (κ2) is 13.2. The number of anilines is 3. The molecule has 64 heavy (non-hydrogen) atoms. The normalized spacial score (nSPS) is 15.8. The zero-order valence-corrected chi connectivity index (χ0v) is 34.9. The molecule has 1 aliphatic heterocycles. The summed E-state index contributed by atoms with van der Waals surface area (Å²) in [5.74, 6) is 1.77. The van der Waals surface area contributed by atoms with Crippen molar-refractivity contribution in [1.82, 2.24) is 0 Å². The van der Waals surface area contributed by atoms with Gasteiger partial charge in [0.25, 0.3) is 0 Å². The summed E-state index contributed by atoms with van der Waals surface area (Å²) in [4.78, 5) is 2.50. The van der Waals surface area contributed by atoms with Crippen molar-refractivity contribution in [3.8, 4) is 56.0 Å². The lowest BCUT2D eigenvalue weighted by Gasteiger charge is -2.39. The number of ether oxygens (including phenoxy) is 1. The molecule has 0 saturated heterocycles. The number of rotatable bonds is 4. The highest BCUT2D eigenvalue weighted by atomic mass is 16.5. The second-order valence-corrected chi connectivity index (χ2v) is 17.5. The summed E-state index contributed by atoms with van der Waals surface area (Å²) >= 11 is 0. The first-order valence-corrected chi connectivity index (χ1v) is 22.3. The smallest absolute Gasteiger partial charge is 0.132 e. The third-order valence-electron chi connectivity index (χ3n) is 14.5. The molecule has 10 aromatic rings. The van der Waals surface area contributed by atoms with Gasteiger partial charge in [0.1, 0.15) is 11.5 Å². The molecule has 14 rings (SSSR count). The summed E-state index contributed by atoms with van der Waals surface area (Å²) in [6.07, 6.45) is 0. The van der Waals surface area contributed by atoms with E-state index in [4.69, 9.17) is 4.74 Å². The van der Waals surface area contributed by atoms with Crippen molar-refractivity contribution in [3.05, 3.63) is 281 Å². The Morgan fingerprint density at radius 3 is 1.45 bits per heavy atom. The van der Waals surface area contributed by atoms with Gasteiger partial charge in [-0.05, 0) is 115 Å². The zero-order valence-electron chi connectivity index (χ0n) is 34.9. The minimum atomic E-state index is -0.620. The van der Waals surface area contributed by atoms with Crippen molar-refractivity contribution in [1.29, 1.82) is 0 Å². The summed E-state index contributed by atoms with van der Waals surface area (Å²) in [5, 5.41) is 0. The number of hydrogen-bond donors (Lipinski definition) is 0. The van der Waals surface area contributed by atoms with Crippen LogP contribution in [0.1, 0.15) is 44.5 Å². The van der Waals surface area contributed by atoms with Crippen LogP contribution in [0, 0.1) is 0 Å². The van der Waals surface area contributed by atoms with E-state index < -0.39 is 10.8 Å². The molecular weight excluding hydrogens is 775 g/mol. The number of nitrogens with zero attached hydrogens (tertiary/aromatic N) is 1. The molecule has 10 aromatic carbocycles. The third-order valence-corrected chi connectivity index (χ3v) is 14.5. The first-order valence-electron chi connectivity index (χ1n) is 22.3. The maximum Gasteiger partial charge on any atom is 0.132 e. The van der Waals surface area contributed by atoms with Crippen LogP contribution in [0.15, 0.2) is 237 Å². The highest BCUT2D eigenvalue weighted by molar-refractivity contribution is 6.00. The Kier molecular flexibility index (Phi) is 7.28. The van der Waals surface area contributed by atoms with E-state index in [2.05, 4.69) is 241 Å². The maximum atomic E-state index is 6.93. The Morgan fingerprint density at radius 1 is 0.281 bits per heavy atom. The first-order chi connectivity index (χ1) is 31.8. The summed E-state index contributed by atoms with van der Waals surface area (Å²) in [7, 11) is 0. The molecule has 0 N–H and O–H groups in total. The lowest BCUT2D eigenvalue weighted by atomic mass is 9.66. The molecule has 298 valence electrons. The topological polar surface area (TPSA) is 12.5 Å². The molecule has 1 unspecified atom stereocenters. The van der Waals surface area contributed by atoms with Crippen LogP contribution in [0.2, 0.25) is 0 Å². The molecule has 3 aliphatic carbocycles. The molecule has 4 aliphatic rings. The van der Waals surface area contributed by atoms with E-state index in [9.17, 15) is 0 Å². The number of fused-ring (bicyclic) bond motifs is 19. The van der Waals surface area contributed by atoms with Gasteiger partial charge in [0.15, 0.2) is 0 Å². The molecular formula is C62H39NO. The van der Waals surface area contributed by atoms with Gasteiger partial charge in [-0.3, -0.25) is 0 Å². The van der Waals surface area contributed by atoms with Crippen LogP contribution >= 0.6 is 0 Å². The average molecular weight is 814 g/mol. The highest BCUT2D eigenvalue weighted by Crippen LogP contribution is 2.66. The highest BCUT2D eigenvalue weighted by Gasteiger charge is 2.53. The Balaban J connectivity index is 1.04. The minimum Gasteiger partial charge on any atom is -0.457 e. The zero-order chi connectivity index (χ0) is 42.0. The van der Waals surface area contributed by atoms with Crippen molar-refractivity contribution in [3.63, 3.8) is 0 Å². The van der Waals surface area contributed by atoms with E-state index in [1.54, 1.807) is 0 Å². The summed E-state index contributed by atoms with van der Waals surface area (Å²) in [5.41, 5.74) is 22.4. The standard InChI is InChI=1S/C62H39NO/c1-3-18-40(19-4-1)41-34-37-54-59(38-41)64-58-33-16-15-30-53(58)62(54)52-29-14-10-25-48(52)60-55(62)31-17-32-57(60)63(42-20-5-2-6-21-42)43-35-36-47-46-24-9-13-28-51(46)61(56(47)39-43)49-26-11-7-22-44(49)45-23-8-12-27-50(45)61/h1-39H. The monoisotopic (exact) mass is 813 g/mol. The lowest BCUT2D eigenvalue weighted by molar-refractivity contribution is 0.436. The van der Waals surface area contributed by atoms with Crippen molar-refractivity contribution in [2.24, 2.45) is 0 Å². The molecule has 0 bridgehead atoms. The van der Waals surface area contributed by atoms with Gasteiger partial charge < -0.3 is 9.64 Å². The van der Waals surface area contributed by atoms with E-state index in [1.807, 2.05) is 0 Å². The average Bonchev–Trinajstić information content (AvgIpc) is 3.95. The summed E-state index contributed by atoms with van der Waals surface area (Å²) in [6, 6.07) is 87.4. The van der Waals surface area contributed by atoms with E-state index in [1.165, 1.54) is 72.3 Å². The van der Waals surface area contributed by atoms with Crippen molar-refractivity contribution < 1.29 is 4.74 Å². The third kappa shape index (κ3) is 4.49. The number of para-hydroxylation sites is 2. The minimum absolute atomic E-state index is 0.457. The van der Waals surface area contributed by atoms with Gasteiger partial charge in [-0.15, -0.1) is 0 Å². The lowest BCUT2D eigenvalue weighted by Crippen LogP contribution is -2.32. The molecule has 1 heterocycles. The summed E-state index contributed by atoms with van der Waals surface area (Å²) in [6.45, 7) is 0. The van der Waals surface area contributed by atoms with Crippen molar-refractivity contribution in [2.75, 3.05) is 4.90 Å². The second-order valence-electron chi connectivity index (χ2n) is 17.5. The van der Waals surface area contributed by atoms with Crippen LogP contribution in [0.3, 0.4) is 0 Å². The van der Waals surface area contributed by atoms with Gasteiger partial charge in [-0.2, -0.15) is 0 Å². The van der Waals surface area contributed by atoms with Gasteiger partial charge in [0.05, 0.1) is 16.5 Å². The van der Waals surface area contributed by atoms with Gasteiger partial charge in [0.2, 0.25) is 0 Å². The fraction of sp³-hybridized carbons (Fsp3) is 0.0323. The molecule has 0 radical (unpaired) electrons. The van der Waals surface area contributed by atoms with Crippen LogP contribution in [0.4, 0.5) is 17.1 Å². The van der Waals surface area contributed by atoms with E-state index in [-0.39, 0.29) is 0 Å². The predicted octanol–water partition coefficient (Wildman–Crippen LogP) is 15.6. The SMILES string of the molecule is c1ccc(-c2ccc3c(c2)Oc2ccccc2C32c3ccccc3-c3c(N(c4ccccc4)c4ccc5c(c4)C4(c6ccccc6-c6ccccc64)c4ccccc4-5)cccc32)cc1. The van der Waals surface area contributed by atoms with Gasteiger partial charge in [0, 0.05) is 28.1 Å². The molecule has 2 nitrogen and oxygen atoms in total. The number of benzene rings is 10. The largest absolute Gasteiger partial charge is 0.457 e. The Hall–Kier alpha value is -8.20. The Bertz CT molecular complexity index is 3490. The fourth-order valence-corrected chi connectivity index (χ4v) is 12.2. The number of hydrogen-bond acceptors (Lipinski definition) is 2. The molecule has 0 amide bonds. The van der Waals surface area contributed by atoms with Crippen LogP contribution < -0.4 is 9.64 Å². The Morgan fingerprint density at radius 2 is 0.781 bits per heavy atom. The quantitative estimate of drug-likeness (QED) is 0.175. The van der Waals surface area contributed by atoms with E-state index >= 15 is 0 Å². The molecule has 0 saturated carbocycles. The van der Waals surface area contributed by atoms with Crippen LogP contribution in [-0.2, 0) is 10.8 Å². The van der Waals surface area contributed by atoms with Gasteiger partial charge in [-0.25, -0.2) is 0 Å². The van der Waals surface area contributed by atoms with Gasteiger partial charge >= 0.3 is 0 Å². The molecule has 2 spiro atoms. The van der Waals surface area contributed by atoms with Crippen molar-refractivity contribution >= 4 is 17.1 Å². The van der Waals surface area contributed by atoms with Crippen molar-refractivity contribution in [2.45, 2.75) is 10.8 Å². The molecule has 2 heteroatoms. The fourth-order valence-electron chi connectivity index (χ4n) is 12.2. The maximum absolute atomic E-state index is 6.93. The van der Waals surface area contributed by atoms with Crippen LogP contribution in [0.25, 0.3) is 44.5 Å². The predicted molar refractivity (Wildman–Crippen MR) is 260 cm³/mol. The molecule has 0 fully saturated rings. The van der Waals surface area contributed by atoms with Crippen LogP contribution in [0.5, 0.6) is 11.5 Å². The first kappa shape index (κ1) is 35.4. The Labute approximate surface area is 373 Å². The van der Waals surface area contributed by atoms with E-state index in [0.717, 1.165) is 45.3 Å². The van der Waals surface area contributed by atoms with E-state index in [0.29, 0.717) is 0 Å². The van der Waals surface area contributed by atoms with Gasteiger partial charge in [-0.1, -0.05) is 194 Å². The molecule has 0 aromatic heterocycles. The molecule has 1 atom stereocenters. The van der Waals surface area contributed by atoms with Crippen LogP contribution in [-0.4, -0.2) is 0 Å².